The number of fused-ring (bicyclic) bond motifs is 1. The second kappa shape index (κ2) is 6.26. The second-order valence-electron chi connectivity index (χ2n) is 5.22. The third-order valence-electron chi connectivity index (χ3n) is 3.56. The van der Waals surface area contributed by atoms with Gasteiger partial charge >= 0.3 is 0 Å². The van der Waals surface area contributed by atoms with Gasteiger partial charge in [-0.2, -0.15) is 0 Å². The Hall–Kier alpha value is -2.38. The lowest BCUT2D eigenvalue weighted by molar-refractivity contribution is -0.306. The number of amidine groups is 1. The molecule has 0 aromatic heterocycles. The zero-order valence-corrected chi connectivity index (χ0v) is 13.8. The van der Waals surface area contributed by atoms with Crippen molar-refractivity contribution in [2.75, 3.05) is 0 Å². The highest BCUT2D eigenvalue weighted by atomic mass is 35.5. The molecule has 1 aliphatic heterocycles. The van der Waals surface area contributed by atoms with E-state index in [1.807, 2.05) is 0 Å². The van der Waals surface area contributed by atoms with Gasteiger partial charge in [-0.3, -0.25) is 9.71 Å². The van der Waals surface area contributed by atoms with Crippen molar-refractivity contribution in [3.8, 4) is 0 Å². The Balaban J connectivity index is 2.06. The molecule has 1 atom stereocenters. The van der Waals surface area contributed by atoms with E-state index in [2.05, 4.69) is 9.71 Å². The summed E-state index contributed by atoms with van der Waals surface area (Å²) in [7, 11) is -3.68. The van der Waals surface area contributed by atoms with E-state index in [9.17, 15) is 18.3 Å². The molecule has 8 heteroatoms. The number of hydrogen-bond donors (Lipinski definition) is 1. The van der Waals surface area contributed by atoms with Crippen LogP contribution in [0.4, 0.5) is 0 Å². The predicted octanol–water partition coefficient (Wildman–Crippen LogP) is 1.26. The van der Waals surface area contributed by atoms with Crippen molar-refractivity contribution in [2.45, 2.75) is 17.4 Å². The molecule has 6 nitrogen and oxygen atoms in total. The van der Waals surface area contributed by atoms with Crippen molar-refractivity contribution in [1.82, 2.24) is 4.72 Å². The molecule has 2 aromatic rings. The van der Waals surface area contributed by atoms with E-state index in [1.165, 1.54) is 6.07 Å². The molecule has 0 saturated heterocycles. The minimum atomic E-state index is -3.68. The summed E-state index contributed by atoms with van der Waals surface area (Å²) in [6, 6.07) is 12.1. The normalized spacial score (nSPS) is 18.0. The summed E-state index contributed by atoms with van der Waals surface area (Å²) >= 11 is 5.84. The van der Waals surface area contributed by atoms with Crippen LogP contribution in [0.5, 0.6) is 0 Å². The van der Waals surface area contributed by atoms with Crippen LogP contribution in [0.3, 0.4) is 0 Å². The number of sulfonamides is 1. The van der Waals surface area contributed by atoms with Gasteiger partial charge in [0.2, 0.25) is 0 Å². The number of hydrogen-bond acceptors (Lipinski definition) is 5. The van der Waals surface area contributed by atoms with Gasteiger partial charge in [-0.25, -0.2) is 8.42 Å². The molecule has 0 spiro atoms. The van der Waals surface area contributed by atoms with Gasteiger partial charge in [0.1, 0.15) is 5.84 Å². The third-order valence-corrected chi connectivity index (χ3v) is 5.21. The first-order valence-corrected chi connectivity index (χ1v) is 8.88. The molecule has 0 bridgehead atoms. The Morgan fingerprint density at radius 2 is 1.83 bits per heavy atom. The quantitative estimate of drug-likeness (QED) is 0.883. The van der Waals surface area contributed by atoms with Crippen LogP contribution in [0.25, 0.3) is 0 Å². The van der Waals surface area contributed by atoms with E-state index in [1.54, 1.807) is 42.5 Å². The summed E-state index contributed by atoms with van der Waals surface area (Å²) in [5, 5.41) is 11.6. The Kier molecular flexibility index (Phi) is 4.29. The molecular formula is C16H12ClN2O4S-. The number of carbonyl (C=O) groups is 1. The van der Waals surface area contributed by atoms with E-state index in [-0.39, 0.29) is 17.2 Å². The number of carboxylic acid groups (broad SMARTS) is 1. The molecule has 0 unspecified atom stereocenters. The average molecular weight is 364 g/mol. The van der Waals surface area contributed by atoms with Gasteiger partial charge in [0.05, 0.1) is 10.9 Å². The van der Waals surface area contributed by atoms with Crippen molar-refractivity contribution < 1.29 is 18.3 Å². The minimum Gasteiger partial charge on any atom is -0.550 e. The highest BCUT2D eigenvalue weighted by Gasteiger charge is 2.31. The van der Waals surface area contributed by atoms with Crippen LogP contribution < -0.4 is 9.83 Å². The van der Waals surface area contributed by atoms with Crippen LogP contribution in [-0.4, -0.2) is 20.2 Å². The van der Waals surface area contributed by atoms with Crippen LogP contribution in [0.1, 0.15) is 23.6 Å². The fraction of sp³-hybridized carbons (Fsp3) is 0.125. The van der Waals surface area contributed by atoms with E-state index >= 15 is 0 Å². The lowest BCUT2D eigenvalue weighted by Crippen LogP contribution is -2.26. The Labute approximate surface area is 143 Å². The number of carbonyl (C=O) groups excluding carboxylic acids is 1. The second-order valence-corrected chi connectivity index (χ2v) is 7.31. The maximum Gasteiger partial charge on any atom is 0.263 e. The van der Waals surface area contributed by atoms with Crippen molar-refractivity contribution >= 4 is 33.4 Å². The summed E-state index contributed by atoms with van der Waals surface area (Å²) in [5.41, 5.74) is 1.01. The third kappa shape index (κ3) is 3.27. The highest BCUT2D eigenvalue weighted by Crippen LogP contribution is 2.27. The monoisotopic (exact) mass is 363 g/mol. The zero-order valence-electron chi connectivity index (χ0n) is 12.3. The SMILES string of the molecule is O=C([O-])C[C@@H](N=C1NS(=O)(=O)c2ccccc21)c1ccc(Cl)cc1. The molecule has 0 amide bonds. The number of nitrogens with one attached hydrogen (secondary N) is 1. The molecule has 0 radical (unpaired) electrons. The first kappa shape index (κ1) is 16.5. The lowest BCUT2D eigenvalue weighted by atomic mass is 10.0. The fourth-order valence-corrected chi connectivity index (χ4v) is 3.83. The van der Waals surface area contributed by atoms with Gasteiger partial charge < -0.3 is 9.90 Å². The largest absolute Gasteiger partial charge is 0.550 e. The lowest BCUT2D eigenvalue weighted by Gasteiger charge is -2.15. The van der Waals surface area contributed by atoms with Crippen molar-refractivity contribution in [3.63, 3.8) is 0 Å². The maximum atomic E-state index is 12.1. The number of benzene rings is 2. The molecule has 3 rings (SSSR count). The van der Waals surface area contributed by atoms with Crippen LogP contribution >= 0.6 is 11.6 Å². The summed E-state index contributed by atoms with van der Waals surface area (Å²) in [6.45, 7) is 0. The molecule has 0 aliphatic carbocycles. The van der Waals surface area contributed by atoms with Crippen LogP contribution in [0, 0.1) is 0 Å². The van der Waals surface area contributed by atoms with Crippen molar-refractivity contribution in [1.29, 1.82) is 0 Å². The van der Waals surface area contributed by atoms with E-state index < -0.39 is 22.0 Å². The summed E-state index contributed by atoms with van der Waals surface area (Å²) in [6.07, 6.45) is -0.380. The minimum absolute atomic E-state index is 0.117. The van der Waals surface area contributed by atoms with E-state index in [4.69, 9.17) is 11.6 Å². The maximum absolute atomic E-state index is 12.1. The van der Waals surface area contributed by atoms with Gasteiger partial charge in [-0.05, 0) is 29.8 Å². The molecule has 1 N–H and O–H groups in total. The molecule has 0 fully saturated rings. The molecular weight excluding hydrogens is 352 g/mol. The van der Waals surface area contributed by atoms with Gasteiger partial charge in [-0.15, -0.1) is 0 Å². The van der Waals surface area contributed by atoms with Crippen molar-refractivity contribution in [2.24, 2.45) is 4.99 Å². The van der Waals surface area contributed by atoms with E-state index in [0.717, 1.165) is 0 Å². The number of carboxylic acids is 1. The summed E-state index contributed by atoms with van der Waals surface area (Å²) < 4.78 is 26.6. The molecule has 124 valence electrons. The number of rotatable bonds is 4. The topological polar surface area (TPSA) is 98.7 Å². The fourth-order valence-electron chi connectivity index (χ4n) is 2.47. The van der Waals surface area contributed by atoms with Gasteiger partial charge in [-0.1, -0.05) is 35.9 Å². The average Bonchev–Trinajstić information content (AvgIpc) is 2.78. The van der Waals surface area contributed by atoms with Crippen LogP contribution in [0.2, 0.25) is 5.02 Å². The Bertz CT molecular complexity index is 923. The van der Waals surface area contributed by atoms with Gasteiger partial charge in [0.15, 0.2) is 0 Å². The first-order chi connectivity index (χ1) is 11.4. The predicted molar refractivity (Wildman–Crippen MR) is 87.1 cm³/mol. The Morgan fingerprint density at radius 1 is 1.17 bits per heavy atom. The van der Waals surface area contributed by atoms with Crippen molar-refractivity contribution in [3.05, 3.63) is 64.7 Å². The summed E-state index contributed by atoms with van der Waals surface area (Å²) in [5.74, 6) is -1.17. The zero-order chi connectivity index (χ0) is 17.3. The molecule has 1 aliphatic rings. The standard InChI is InChI=1S/C16H13ClN2O4S/c17-11-7-5-10(6-8-11)13(9-15(20)21)18-16-12-3-1-2-4-14(12)24(22,23)19-16/h1-8,13H,9H2,(H,18,19)(H,20,21)/p-1/t13-/m1/s1. The number of nitrogens with zero attached hydrogens (tertiary/aromatic N) is 1. The number of aliphatic carboxylic acids is 1. The number of aliphatic imine (C=N–C) groups is 1. The van der Waals surface area contributed by atoms with Gasteiger partial charge in [0, 0.05) is 23.0 Å². The molecule has 0 saturated carbocycles. The van der Waals surface area contributed by atoms with Crippen LogP contribution in [0.15, 0.2) is 58.4 Å². The Morgan fingerprint density at radius 3 is 2.50 bits per heavy atom. The molecule has 1 heterocycles. The highest BCUT2D eigenvalue weighted by molar-refractivity contribution is 7.90. The summed E-state index contributed by atoms with van der Waals surface area (Å²) in [4.78, 5) is 15.5. The molecule has 2 aromatic carbocycles. The smallest absolute Gasteiger partial charge is 0.263 e. The number of halogens is 1. The first-order valence-electron chi connectivity index (χ1n) is 7.02. The van der Waals surface area contributed by atoms with E-state index in [0.29, 0.717) is 16.1 Å². The van der Waals surface area contributed by atoms with Crippen LogP contribution in [-0.2, 0) is 14.8 Å². The van der Waals surface area contributed by atoms with Gasteiger partial charge in [0.25, 0.3) is 10.0 Å². The molecule has 24 heavy (non-hydrogen) atoms.